The van der Waals surface area contributed by atoms with Crippen LogP contribution in [-0.4, -0.2) is 31.2 Å². The maximum absolute atomic E-state index is 13.1. The van der Waals surface area contributed by atoms with E-state index in [0.29, 0.717) is 25.4 Å². The predicted octanol–water partition coefficient (Wildman–Crippen LogP) is 3.92. The molecule has 2 N–H and O–H groups in total. The van der Waals surface area contributed by atoms with Crippen molar-refractivity contribution < 1.29 is 13.7 Å². The number of carbonyl (C=O) groups excluding carboxylic acids is 1. The summed E-state index contributed by atoms with van der Waals surface area (Å²) in [4.78, 5) is 14.7. The van der Waals surface area contributed by atoms with Crippen LogP contribution in [0.15, 0.2) is 65.2 Å². The van der Waals surface area contributed by atoms with Crippen LogP contribution in [0.4, 0.5) is 10.1 Å². The van der Waals surface area contributed by atoms with Gasteiger partial charge in [-0.05, 0) is 67.6 Å². The molecule has 2 aromatic carbocycles. The number of rotatable bonds is 9. The van der Waals surface area contributed by atoms with Crippen LogP contribution in [0.1, 0.15) is 29.9 Å². The third kappa shape index (κ3) is 6.65. The molecule has 1 aliphatic rings. The van der Waals surface area contributed by atoms with Gasteiger partial charge in [0.25, 0.3) is 0 Å². The Morgan fingerprint density at radius 3 is 2.76 bits per heavy atom. The molecule has 2 atom stereocenters. The number of benzene rings is 2. The smallest absolute Gasteiger partial charge is 0.220 e. The average molecular weight is 451 g/mol. The van der Waals surface area contributed by atoms with E-state index in [1.54, 1.807) is 12.1 Å². The summed E-state index contributed by atoms with van der Waals surface area (Å²) in [6, 6.07) is 18.4. The highest BCUT2D eigenvalue weighted by Gasteiger charge is 2.28. The molecule has 1 saturated heterocycles. The summed E-state index contributed by atoms with van der Waals surface area (Å²) in [7, 11) is 2.03. The number of anilines is 1. The number of amides is 1. The van der Waals surface area contributed by atoms with Crippen LogP contribution >= 0.6 is 0 Å². The molecule has 0 radical (unpaired) electrons. The maximum Gasteiger partial charge on any atom is 0.220 e. The number of nitrogens with zero attached hydrogens (tertiary/aromatic N) is 2. The molecule has 2 heterocycles. The van der Waals surface area contributed by atoms with Crippen molar-refractivity contribution in [2.24, 2.45) is 11.8 Å². The van der Waals surface area contributed by atoms with Crippen molar-refractivity contribution in [2.45, 2.75) is 32.4 Å². The summed E-state index contributed by atoms with van der Waals surface area (Å²) >= 11 is 0. The fourth-order valence-corrected chi connectivity index (χ4v) is 4.40. The van der Waals surface area contributed by atoms with Crippen molar-refractivity contribution in [1.82, 2.24) is 15.8 Å². The van der Waals surface area contributed by atoms with Gasteiger partial charge in [0, 0.05) is 31.8 Å². The number of aromatic nitrogens is 1. The van der Waals surface area contributed by atoms with Crippen molar-refractivity contribution in [2.75, 3.05) is 25.0 Å². The van der Waals surface area contributed by atoms with Crippen molar-refractivity contribution >= 4 is 11.6 Å². The number of para-hydroxylation sites is 1. The van der Waals surface area contributed by atoms with E-state index in [9.17, 15) is 9.18 Å². The van der Waals surface area contributed by atoms with Crippen LogP contribution in [0.5, 0.6) is 0 Å². The lowest BCUT2D eigenvalue weighted by Crippen LogP contribution is -2.40. The Hall–Kier alpha value is -3.19. The Kier molecular flexibility index (Phi) is 7.73. The highest BCUT2D eigenvalue weighted by molar-refractivity contribution is 5.76. The topological polar surface area (TPSA) is 70.4 Å². The van der Waals surface area contributed by atoms with Crippen molar-refractivity contribution in [3.8, 4) is 0 Å². The van der Waals surface area contributed by atoms with Gasteiger partial charge in [-0.2, -0.15) is 0 Å². The second-order valence-electron chi connectivity index (χ2n) is 8.80. The highest BCUT2D eigenvalue weighted by atomic mass is 19.1. The van der Waals surface area contributed by atoms with Gasteiger partial charge in [0.1, 0.15) is 5.82 Å². The molecular weight excluding hydrogens is 419 g/mol. The SMILES string of the molecule is CN(Cc1cc(C[C@H]2CNCC[C@H]2CC(=O)NCc2ccc(F)cc2)no1)c1ccccc1. The van der Waals surface area contributed by atoms with Gasteiger partial charge >= 0.3 is 0 Å². The average Bonchev–Trinajstić information content (AvgIpc) is 3.27. The van der Waals surface area contributed by atoms with Crippen LogP contribution in [0.2, 0.25) is 0 Å². The van der Waals surface area contributed by atoms with Crippen LogP contribution < -0.4 is 15.5 Å². The second-order valence-corrected chi connectivity index (χ2v) is 8.80. The molecule has 1 amide bonds. The van der Waals surface area contributed by atoms with E-state index in [4.69, 9.17) is 4.52 Å². The fourth-order valence-electron chi connectivity index (χ4n) is 4.40. The van der Waals surface area contributed by atoms with Gasteiger partial charge in [-0.3, -0.25) is 4.79 Å². The van der Waals surface area contributed by atoms with Gasteiger partial charge in [0.2, 0.25) is 5.91 Å². The molecular formula is C26H31FN4O2. The lowest BCUT2D eigenvalue weighted by Gasteiger charge is -2.31. The Balaban J connectivity index is 1.29. The van der Waals surface area contributed by atoms with E-state index in [-0.39, 0.29) is 17.6 Å². The molecule has 0 unspecified atom stereocenters. The molecule has 0 aliphatic carbocycles. The Bertz CT molecular complexity index is 1020. The quantitative estimate of drug-likeness (QED) is 0.517. The van der Waals surface area contributed by atoms with Gasteiger partial charge < -0.3 is 20.1 Å². The summed E-state index contributed by atoms with van der Waals surface area (Å²) in [6.45, 7) is 2.84. The van der Waals surface area contributed by atoms with E-state index in [0.717, 1.165) is 48.6 Å². The molecule has 6 nitrogen and oxygen atoms in total. The molecule has 0 spiro atoms. The van der Waals surface area contributed by atoms with E-state index in [1.165, 1.54) is 12.1 Å². The molecule has 0 saturated carbocycles. The van der Waals surface area contributed by atoms with E-state index >= 15 is 0 Å². The zero-order valence-corrected chi connectivity index (χ0v) is 19.0. The van der Waals surface area contributed by atoms with Gasteiger partial charge in [-0.25, -0.2) is 4.39 Å². The first-order valence-electron chi connectivity index (χ1n) is 11.5. The minimum Gasteiger partial charge on any atom is -0.367 e. The van der Waals surface area contributed by atoms with E-state index in [1.807, 2.05) is 31.3 Å². The minimum absolute atomic E-state index is 0.0292. The molecule has 1 fully saturated rings. The fraction of sp³-hybridized carbons (Fsp3) is 0.385. The first-order valence-corrected chi connectivity index (χ1v) is 11.5. The van der Waals surface area contributed by atoms with Crippen LogP contribution in [0.25, 0.3) is 0 Å². The lowest BCUT2D eigenvalue weighted by molar-refractivity contribution is -0.122. The molecule has 33 heavy (non-hydrogen) atoms. The first kappa shape index (κ1) is 23.0. The number of halogens is 1. The molecule has 1 aromatic heterocycles. The zero-order chi connectivity index (χ0) is 23.0. The summed E-state index contributed by atoms with van der Waals surface area (Å²) in [6.07, 6.45) is 2.21. The summed E-state index contributed by atoms with van der Waals surface area (Å²) in [5.74, 6) is 1.19. The Morgan fingerprint density at radius 1 is 1.18 bits per heavy atom. The number of carbonyl (C=O) groups is 1. The Morgan fingerprint density at radius 2 is 1.97 bits per heavy atom. The molecule has 3 aromatic rings. The zero-order valence-electron chi connectivity index (χ0n) is 19.0. The normalized spacial score (nSPS) is 18.1. The van der Waals surface area contributed by atoms with Gasteiger partial charge in [-0.15, -0.1) is 0 Å². The molecule has 4 rings (SSSR count). The number of hydrogen-bond acceptors (Lipinski definition) is 5. The largest absolute Gasteiger partial charge is 0.367 e. The summed E-state index contributed by atoms with van der Waals surface area (Å²) in [5, 5.41) is 10.7. The molecule has 0 bridgehead atoms. The second kappa shape index (κ2) is 11.1. The lowest BCUT2D eigenvalue weighted by atomic mass is 9.81. The standard InChI is InChI=1S/C26H31FN4O2/c1-31(24-5-3-2-4-6-24)18-25-15-23(30-33-25)13-21-17-28-12-11-20(21)14-26(32)29-16-19-7-9-22(27)10-8-19/h2-10,15,20-21,28H,11-14,16-18H2,1H3,(H,29,32)/t20-,21-/m0/s1. The maximum atomic E-state index is 13.1. The van der Waals surface area contributed by atoms with Crippen molar-refractivity contribution in [3.05, 3.63) is 83.5 Å². The third-order valence-corrected chi connectivity index (χ3v) is 6.28. The molecule has 174 valence electrons. The Labute approximate surface area is 194 Å². The minimum atomic E-state index is -0.273. The summed E-state index contributed by atoms with van der Waals surface area (Å²) < 4.78 is 18.6. The van der Waals surface area contributed by atoms with Gasteiger partial charge in [0.05, 0.1) is 12.2 Å². The third-order valence-electron chi connectivity index (χ3n) is 6.28. The van der Waals surface area contributed by atoms with E-state index < -0.39 is 0 Å². The molecule has 1 aliphatic heterocycles. The first-order chi connectivity index (χ1) is 16.1. The summed E-state index contributed by atoms with van der Waals surface area (Å²) in [5.41, 5.74) is 2.94. The number of hydrogen-bond donors (Lipinski definition) is 2. The number of nitrogens with one attached hydrogen (secondary N) is 2. The van der Waals surface area contributed by atoms with Gasteiger partial charge in [0.15, 0.2) is 5.76 Å². The van der Waals surface area contributed by atoms with Crippen molar-refractivity contribution in [3.63, 3.8) is 0 Å². The number of piperidine rings is 1. The highest BCUT2D eigenvalue weighted by Crippen LogP contribution is 2.26. The van der Waals surface area contributed by atoms with Crippen LogP contribution in [0.3, 0.4) is 0 Å². The van der Waals surface area contributed by atoms with Crippen molar-refractivity contribution in [1.29, 1.82) is 0 Å². The monoisotopic (exact) mass is 450 g/mol. The van der Waals surface area contributed by atoms with Crippen LogP contribution in [0, 0.1) is 17.7 Å². The molecule has 7 heteroatoms. The predicted molar refractivity (Wildman–Crippen MR) is 126 cm³/mol. The van der Waals surface area contributed by atoms with E-state index in [2.05, 4.69) is 32.8 Å². The van der Waals surface area contributed by atoms with Crippen LogP contribution in [-0.2, 0) is 24.3 Å². The van der Waals surface area contributed by atoms with Gasteiger partial charge in [-0.1, -0.05) is 35.5 Å².